The third-order valence-electron chi connectivity index (χ3n) is 1.72. The van der Waals surface area contributed by atoms with Crippen LogP contribution in [0.2, 0.25) is 0 Å². The minimum atomic E-state index is -0.766. The van der Waals surface area contributed by atoms with Gasteiger partial charge in [-0.2, -0.15) is 0 Å². The average Bonchev–Trinajstić information content (AvgIpc) is 2.01. The lowest BCUT2D eigenvalue weighted by Crippen LogP contribution is -2.32. The maximum absolute atomic E-state index is 9.41. The fourth-order valence-corrected chi connectivity index (χ4v) is 0.793. The predicted octanol–water partition coefficient (Wildman–Crippen LogP) is 1.60. The second-order valence-electron chi connectivity index (χ2n) is 4.01. The molecule has 2 heteroatoms. The van der Waals surface area contributed by atoms with Gasteiger partial charge in [0.05, 0.1) is 13.2 Å². The lowest BCUT2D eigenvalue weighted by molar-refractivity contribution is 0.00931. The first-order valence-electron chi connectivity index (χ1n) is 4.26. The molecule has 1 atom stereocenters. The van der Waals surface area contributed by atoms with E-state index in [0.29, 0.717) is 13.2 Å². The molecule has 0 fully saturated rings. The SMILES string of the molecule is C#C[C@H](O)C(C)(C)COCC(=C)C. The van der Waals surface area contributed by atoms with Crippen LogP contribution >= 0.6 is 0 Å². The molecule has 0 aliphatic heterocycles. The van der Waals surface area contributed by atoms with E-state index in [9.17, 15) is 5.11 Å². The van der Waals surface area contributed by atoms with Gasteiger partial charge in [-0.05, 0) is 6.92 Å². The Hall–Kier alpha value is -0.780. The van der Waals surface area contributed by atoms with Gasteiger partial charge in [-0.25, -0.2) is 0 Å². The highest BCUT2D eigenvalue weighted by atomic mass is 16.5. The Kier molecular flexibility index (Phi) is 4.76. The summed E-state index contributed by atoms with van der Waals surface area (Å²) in [5.74, 6) is 2.30. The molecular weight excluding hydrogens is 164 g/mol. The Morgan fingerprint density at radius 3 is 2.62 bits per heavy atom. The first-order valence-corrected chi connectivity index (χ1v) is 4.26. The Morgan fingerprint density at radius 2 is 2.23 bits per heavy atom. The van der Waals surface area contributed by atoms with Crippen molar-refractivity contribution in [2.75, 3.05) is 13.2 Å². The highest BCUT2D eigenvalue weighted by Gasteiger charge is 2.26. The molecule has 0 spiro atoms. The van der Waals surface area contributed by atoms with E-state index in [0.717, 1.165) is 5.57 Å². The zero-order valence-electron chi connectivity index (χ0n) is 8.63. The molecule has 13 heavy (non-hydrogen) atoms. The zero-order valence-corrected chi connectivity index (χ0v) is 8.63. The van der Waals surface area contributed by atoms with Crippen molar-refractivity contribution in [2.24, 2.45) is 5.41 Å². The topological polar surface area (TPSA) is 29.5 Å². The summed E-state index contributed by atoms with van der Waals surface area (Å²) in [5.41, 5.74) is 0.565. The van der Waals surface area contributed by atoms with Crippen molar-refractivity contribution in [3.8, 4) is 12.3 Å². The third-order valence-corrected chi connectivity index (χ3v) is 1.72. The van der Waals surface area contributed by atoms with Gasteiger partial charge in [-0.3, -0.25) is 0 Å². The fraction of sp³-hybridized carbons (Fsp3) is 0.636. The van der Waals surface area contributed by atoms with Crippen LogP contribution in [-0.2, 0) is 4.74 Å². The van der Waals surface area contributed by atoms with Crippen molar-refractivity contribution in [1.29, 1.82) is 0 Å². The minimum Gasteiger partial charge on any atom is -0.380 e. The smallest absolute Gasteiger partial charge is 0.121 e. The summed E-state index contributed by atoms with van der Waals surface area (Å²) in [5, 5.41) is 9.41. The number of hydrogen-bond donors (Lipinski definition) is 1. The van der Waals surface area contributed by atoms with Crippen LogP contribution in [0.25, 0.3) is 0 Å². The van der Waals surface area contributed by atoms with Gasteiger partial charge in [-0.1, -0.05) is 31.9 Å². The molecule has 0 saturated carbocycles. The van der Waals surface area contributed by atoms with Gasteiger partial charge in [0.25, 0.3) is 0 Å². The first-order chi connectivity index (χ1) is 5.90. The molecule has 0 rings (SSSR count). The van der Waals surface area contributed by atoms with Crippen LogP contribution < -0.4 is 0 Å². The van der Waals surface area contributed by atoms with E-state index in [-0.39, 0.29) is 0 Å². The lowest BCUT2D eigenvalue weighted by Gasteiger charge is -2.26. The van der Waals surface area contributed by atoms with Crippen LogP contribution in [0.15, 0.2) is 12.2 Å². The van der Waals surface area contributed by atoms with Crippen LogP contribution in [0.1, 0.15) is 20.8 Å². The molecule has 0 amide bonds. The van der Waals surface area contributed by atoms with Crippen molar-refractivity contribution in [1.82, 2.24) is 0 Å². The molecular formula is C11H18O2. The summed E-state index contributed by atoms with van der Waals surface area (Å²) in [4.78, 5) is 0. The predicted molar refractivity (Wildman–Crippen MR) is 54.3 cm³/mol. The second-order valence-corrected chi connectivity index (χ2v) is 4.01. The Morgan fingerprint density at radius 1 is 1.69 bits per heavy atom. The highest BCUT2D eigenvalue weighted by molar-refractivity contribution is 5.01. The molecule has 74 valence electrons. The van der Waals surface area contributed by atoms with Gasteiger partial charge in [0.1, 0.15) is 6.10 Å². The normalized spacial score (nSPS) is 13.5. The summed E-state index contributed by atoms with van der Waals surface area (Å²) in [6, 6.07) is 0. The standard InChI is InChI=1S/C11H18O2/c1-6-10(12)11(4,5)8-13-7-9(2)3/h1,10,12H,2,7-8H2,3-5H3/t10-/m0/s1. The molecule has 0 aromatic carbocycles. The number of terminal acetylenes is 1. The molecule has 0 aromatic rings. The van der Waals surface area contributed by atoms with Crippen LogP contribution in [0.4, 0.5) is 0 Å². The summed E-state index contributed by atoms with van der Waals surface area (Å²) in [6.07, 6.45) is 4.35. The maximum Gasteiger partial charge on any atom is 0.121 e. The Bertz CT molecular complexity index is 211. The molecule has 0 bridgehead atoms. The number of hydrogen-bond acceptors (Lipinski definition) is 2. The van der Waals surface area contributed by atoms with E-state index in [4.69, 9.17) is 11.2 Å². The van der Waals surface area contributed by atoms with Crippen LogP contribution in [0.3, 0.4) is 0 Å². The summed E-state index contributed by atoms with van der Waals surface area (Å²) < 4.78 is 5.33. The van der Waals surface area contributed by atoms with Crippen molar-refractivity contribution < 1.29 is 9.84 Å². The average molecular weight is 182 g/mol. The quantitative estimate of drug-likeness (QED) is 0.517. The zero-order chi connectivity index (χ0) is 10.5. The molecule has 0 aromatic heterocycles. The molecule has 2 nitrogen and oxygen atoms in total. The van der Waals surface area contributed by atoms with Gasteiger partial charge in [0, 0.05) is 5.41 Å². The lowest BCUT2D eigenvalue weighted by atomic mass is 9.88. The number of aliphatic hydroxyl groups excluding tert-OH is 1. The van der Waals surface area contributed by atoms with E-state index in [1.807, 2.05) is 20.8 Å². The minimum absolute atomic E-state index is 0.399. The van der Waals surface area contributed by atoms with Crippen molar-refractivity contribution >= 4 is 0 Å². The van der Waals surface area contributed by atoms with E-state index in [1.165, 1.54) is 0 Å². The van der Waals surface area contributed by atoms with E-state index < -0.39 is 11.5 Å². The molecule has 0 aliphatic rings. The number of ether oxygens (including phenoxy) is 1. The molecule has 0 radical (unpaired) electrons. The molecule has 0 heterocycles. The van der Waals surface area contributed by atoms with Gasteiger partial charge < -0.3 is 9.84 Å². The Balaban J connectivity index is 3.90. The summed E-state index contributed by atoms with van der Waals surface area (Å²) in [7, 11) is 0. The first kappa shape index (κ1) is 12.2. The van der Waals surface area contributed by atoms with Gasteiger partial charge in [0.15, 0.2) is 0 Å². The van der Waals surface area contributed by atoms with Gasteiger partial charge >= 0.3 is 0 Å². The molecule has 0 saturated heterocycles. The third kappa shape index (κ3) is 4.72. The molecule has 0 aliphatic carbocycles. The fourth-order valence-electron chi connectivity index (χ4n) is 0.793. The summed E-state index contributed by atoms with van der Waals surface area (Å²) >= 11 is 0. The molecule has 0 unspecified atom stereocenters. The van der Waals surface area contributed by atoms with E-state index in [2.05, 4.69) is 12.5 Å². The van der Waals surface area contributed by atoms with E-state index in [1.54, 1.807) is 0 Å². The van der Waals surface area contributed by atoms with Gasteiger partial charge in [-0.15, -0.1) is 6.42 Å². The van der Waals surface area contributed by atoms with Crippen LogP contribution in [0.5, 0.6) is 0 Å². The monoisotopic (exact) mass is 182 g/mol. The van der Waals surface area contributed by atoms with Gasteiger partial charge in [0.2, 0.25) is 0 Å². The van der Waals surface area contributed by atoms with Crippen molar-refractivity contribution in [3.63, 3.8) is 0 Å². The van der Waals surface area contributed by atoms with E-state index >= 15 is 0 Å². The summed E-state index contributed by atoms with van der Waals surface area (Å²) in [6.45, 7) is 10.3. The van der Waals surface area contributed by atoms with Crippen LogP contribution in [-0.4, -0.2) is 24.4 Å². The maximum atomic E-state index is 9.41. The second kappa shape index (κ2) is 5.06. The van der Waals surface area contributed by atoms with Crippen molar-refractivity contribution in [2.45, 2.75) is 26.9 Å². The largest absolute Gasteiger partial charge is 0.380 e. The highest BCUT2D eigenvalue weighted by Crippen LogP contribution is 2.20. The van der Waals surface area contributed by atoms with Crippen molar-refractivity contribution in [3.05, 3.63) is 12.2 Å². The van der Waals surface area contributed by atoms with Crippen LogP contribution in [0, 0.1) is 17.8 Å². The Labute approximate surface area is 80.6 Å². The number of rotatable bonds is 5. The molecule has 1 N–H and O–H groups in total. The number of aliphatic hydroxyl groups is 1.